The molecule has 3 rings (SSSR count). The number of hydrogen-bond donors (Lipinski definition) is 0. The molecule has 0 fully saturated rings. The Morgan fingerprint density at radius 2 is 1.70 bits per heavy atom. The fourth-order valence-corrected chi connectivity index (χ4v) is 2.88. The second-order valence-electron chi connectivity index (χ2n) is 5.00. The van der Waals surface area contributed by atoms with Gasteiger partial charge in [0.2, 0.25) is 0 Å². The van der Waals surface area contributed by atoms with Crippen LogP contribution in [0.4, 0.5) is 0 Å². The van der Waals surface area contributed by atoms with E-state index in [1.807, 2.05) is 48.5 Å². The van der Waals surface area contributed by atoms with E-state index in [9.17, 15) is 4.79 Å². The van der Waals surface area contributed by atoms with Crippen molar-refractivity contribution < 1.29 is 9.53 Å². The molecular weight excluding hydrogens is 248 g/mol. The molecular formula is C18H16O2. The molecule has 0 aliphatic heterocycles. The number of hydrogen-bond acceptors (Lipinski definition) is 2. The normalized spacial score (nSPS) is 17.4. The highest BCUT2D eigenvalue weighted by molar-refractivity contribution is 6.17. The third-order valence-corrected chi connectivity index (χ3v) is 3.82. The first-order valence-electron chi connectivity index (χ1n) is 6.63. The molecule has 0 amide bonds. The lowest BCUT2D eigenvalue weighted by Crippen LogP contribution is -2.09. The van der Waals surface area contributed by atoms with Gasteiger partial charge >= 0.3 is 0 Å². The molecule has 20 heavy (non-hydrogen) atoms. The number of allylic oxidation sites excluding steroid dienone is 1. The lowest BCUT2D eigenvalue weighted by molar-refractivity contribution is 0.0985. The molecule has 0 N–H and O–H groups in total. The predicted molar refractivity (Wildman–Crippen MR) is 79.7 cm³/mol. The van der Waals surface area contributed by atoms with Crippen molar-refractivity contribution in [2.75, 3.05) is 7.11 Å². The summed E-state index contributed by atoms with van der Waals surface area (Å²) in [6.07, 6.45) is 0. The lowest BCUT2D eigenvalue weighted by atomic mass is 9.88. The topological polar surface area (TPSA) is 26.3 Å². The molecule has 2 nitrogen and oxygen atoms in total. The second-order valence-corrected chi connectivity index (χ2v) is 5.00. The molecule has 0 aromatic heterocycles. The van der Waals surface area contributed by atoms with Gasteiger partial charge in [0, 0.05) is 12.7 Å². The van der Waals surface area contributed by atoms with E-state index in [0.29, 0.717) is 6.61 Å². The zero-order chi connectivity index (χ0) is 14.1. The quantitative estimate of drug-likeness (QED) is 0.842. The molecule has 2 aromatic carbocycles. The first kappa shape index (κ1) is 12.8. The molecule has 1 aliphatic rings. The Labute approximate surface area is 118 Å². The highest BCUT2D eigenvalue weighted by Crippen LogP contribution is 2.43. The van der Waals surface area contributed by atoms with Crippen LogP contribution in [-0.2, 0) is 11.3 Å². The molecule has 2 heteroatoms. The average molecular weight is 264 g/mol. The number of rotatable bonds is 3. The smallest absolute Gasteiger partial charge is 0.175 e. The molecule has 1 aliphatic carbocycles. The van der Waals surface area contributed by atoms with Crippen molar-refractivity contribution in [2.24, 2.45) is 0 Å². The van der Waals surface area contributed by atoms with Gasteiger partial charge < -0.3 is 4.74 Å². The molecule has 0 radical (unpaired) electrons. The second kappa shape index (κ2) is 5.06. The molecule has 0 saturated carbocycles. The minimum absolute atomic E-state index is 0.133. The minimum atomic E-state index is -0.279. The van der Waals surface area contributed by atoms with Gasteiger partial charge in [0.05, 0.1) is 12.5 Å². The first-order chi connectivity index (χ1) is 9.74. The van der Waals surface area contributed by atoms with Crippen LogP contribution < -0.4 is 0 Å². The largest absolute Gasteiger partial charge is 0.380 e. The van der Waals surface area contributed by atoms with Crippen molar-refractivity contribution >= 4 is 11.4 Å². The summed E-state index contributed by atoms with van der Waals surface area (Å²) in [5, 5.41) is 0. The molecule has 1 atom stereocenters. The third kappa shape index (κ3) is 1.89. The fourth-order valence-electron chi connectivity index (χ4n) is 2.88. The maximum Gasteiger partial charge on any atom is 0.175 e. The number of Topliss-reactive ketones (excluding diaryl/α,β-unsaturated/α-hetero) is 1. The standard InChI is InChI=1S/C18H16O2/c1-12-14-8-5-6-10-16(14)18(19)17(12)15-9-4-3-7-13(15)11-20-2/h3-10,17H,1,11H2,2H3. The van der Waals surface area contributed by atoms with Gasteiger partial charge in [-0.2, -0.15) is 0 Å². The van der Waals surface area contributed by atoms with E-state index in [1.165, 1.54) is 0 Å². The summed E-state index contributed by atoms with van der Waals surface area (Å²) < 4.78 is 5.23. The summed E-state index contributed by atoms with van der Waals surface area (Å²) >= 11 is 0. The molecule has 2 aromatic rings. The predicted octanol–water partition coefficient (Wildman–Crippen LogP) is 3.83. The zero-order valence-corrected chi connectivity index (χ0v) is 11.4. The van der Waals surface area contributed by atoms with Crippen LogP contribution in [0.25, 0.3) is 5.57 Å². The Hall–Kier alpha value is -2.19. The molecule has 1 unspecified atom stereocenters. The van der Waals surface area contributed by atoms with Gasteiger partial charge in [-0.1, -0.05) is 55.1 Å². The summed E-state index contributed by atoms with van der Waals surface area (Å²) in [5.74, 6) is -0.145. The SMILES string of the molecule is C=C1c2ccccc2C(=O)C1c1ccccc1COC. The van der Waals surface area contributed by atoms with Crippen LogP contribution in [0.1, 0.15) is 33.0 Å². The molecule has 0 heterocycles. The van der Waals surface area contributed by atoms with Crippen molar-refractivity contribution in [3.8, 4) is 0 Å². The van der Waals surface area contributed by atoms with Gasteiger partial charge in [-0.25, -0.2) is 0 Å². The number of ether oxygens (including phenoxy) is 1. The molecule has 0 bridgehead atoms. The summed E-state index contributed by atoms with van der Waals surface area (Å²) in [7, 11) is 1.66. The van der Waals surface area contributed by atoms with E-state index < -0.39 is 0 Å². The number of carbonyl (C=O) groups is 1. The van der Waals surface area contributed by atoms with E-state index in [4.69, 9.17) is 4.74 Å². The van der Waals surface area contributed by atoms with Crippen molar-refractivity contribution in [3.63, 3.8) is 0 Å². The monoisotopic (exact) mass is 264 g/mol. The van der Waals surface area contributed by atoms with Crippen molar-refractivity contribution in [1.29, 1.82) is 0 Å². The van der Waals surface area contributed by atoms with Gasteiger partial charge in [0.15, 0.2) is 5.78 Å². The van der Waals surface area contributed by atoms with Crippen molar-refractivity contribution in [3.05, 3.63) is 77.4 Å². The number of fused-ring (bicyclic) bond motifs is 1. The van der Waals surface area contributed by atoms with E-state index in [0.717, 1.165) is 27.8 Å². The van der Waals surface area contributed by atoms with Crippen LogP contribution in [0.2, 0.25) is 0 Å². The van der Waals surface area contributed by atoms with Gasteiger partial charge in [0.25, 0.3) is 0 Å². The Kier molecular flexibility index (Phi) is 3.25. The highest BCUT2D eigenvalue weighted by Gasteiger charge is 2.35. The first-order valence-corrected chi connectivity index (χ1v) is 6.63. The van der Waals surface area contributed by atoms with E-state index in [-0.39, 0.29) is 11.7 Å². The maximum atomic E-state index is 12.7. The number of carbonyl (C=O) groups excluding carboxylic acids is 1. The van der Waals surface area contributed by atoms with Crippen LogP contribution in [-0.4, -0.2) is 12.9 Å². The van der Waals surface area contributed by atoms with Crippen LogP contribution >= 0.6 is 0 Å². The van der Waals surface area contributed by atoms with Crippen LogP contribution in [0, 0.1) is 0 Å². The Morgan fingerprint density at radius 1 is 1.05 bits per heavy atom. The number of methoxy groups -OCH3 is 1. The number of benzene rings is 2. The van der Waals surface area contributed by atoms with Crippen LogP contribution in [0.15, 0.2) is 55.1 Å². The minimum Gasteiger partial charge on any atom is -0.380 e. The lowest BCUT2D eigenvalue weighted by Gasteiger charge is -2.15. The summed E-state index contributed by atoms with van der Waals surface area (Å²) in [6, 6.07) is 15.6. The van der Waals surface area contributed by atoms with Crippen molar-refractivity contribution in [2.45, 2.75) is 12.5 Å². The Bertz CT molecular complexity index is 650. The number of ketones is 1. The van der Waals surface area contributed by atoms with Gasteiger partial charge in [-0.05, 0) is 22.3 Å². The van der Waals surface area contributed by atoms with Crippen molar-refractivity contribution in [1.82, 2.24) is 0 Å². The zero-order valence-electron chi connectivity index (χ0n) is 11.4. The van der Waals surface area contributed by atoms with E-state index >= 15 is 0 Å². The van der Waals surface area contributed by atoms with Crippen LogP contribution in [0.3, 0.4) is 0 Å². The van der Waals surface area contributed by atoms with E-state index in [2.05, 4.69) is 6.58 Å². The molecule has 0 saturated heterocycles. The van der Waals surface area contributed by atoms with Gasteiger partial charge in [0.1, 0.15) is 0 Å². The summed E-state index contributed by atoms with van der Waals surface area (Å²) in [6.45, 7) is 4.65. The summed E-state index contributed by atoms with van der Waals surface area (Å²) in [5.41, 5.74) is 4.67. The van der Waals surface area contributed by atoms with Gasteiger partial charge in [-0.15, -0.1) is 0 Å². The van der Waals surface area contributed by atoms with Gasteiger partial charge in [-0.3, -0.25) is 4.79 Å². The Balaban J connectivity index is 2.10. The average Bonchev–Trinajstić information content (AvgIpc) is 2.73. The van der Waals surface area contributed by atoms with Crippen LogP contribution in [0.5, 0.6) is 0 Å². The third-order valence-electron chi connectivity index (χ3n) is 3.82. The molecule has 0 spiro atoms. The highest BCUT2D eigenvalue weighted by atomic mass is 16.5. The maximum absolute atomic E-state index is 12.7. The fraction of sp³-hybridized carbons (Fsp3) is 0.167. The summed E-state index contributed by atoms with van der Waals surface area (Å²) in [4.78, 5) is 12.7. The Morgan fingerprint density at radius 3 is 2.40 bits per heavy atom. The van der Waals surface area contributed by atoms with E-state index in [1.54, 1.807) is 7.11 Å². The molecule has 100 valence electrons.